The van der Waals surface area contributed by atoms with Gasteiger partial charge in [0, 0.05) is 49.0 Å². The molecule has 0 unspecified atom stereocenters. The highest BCUT2D eigenvalue weighted by Gasteiger charge is 2.33. The van der Waals surface area contributed by atoms with Crippen molar-refractivity contribution >= 4 is 28.3 Å². The number of hydrogen-bond acceptors (Lipinski definition) is 7. The number of fused-ring (bicyclic) bond motifs is 1. The molecule has 1 aliphatic rings. The molecule has 0 spiro atoms. The quantitative estimate of drug-likeness (QED) is 0.0737. The minimum atomic E-state index is -0.513. The number of halogens is 1. The lowest BCUT2D eigenvalue weighted by Gasteiger charge is -2.42. The Kier molecular flexibility index (Phi) is 9.26. The van der Waals surface area contributed by atoms with E-state index in [0.717, 1.165) is 22.0 Å². The molecule has 0 N–H and O–H groups in total. The lowest BCUT2D eigenvalue weighted by atomic mass is 10.0. The molecule has 1 fully saturated rings. The molecule has 0 saturated carbocycles. The van der Waals surface area contributed by atoms with Crippen LogP contribution >= 0.6 is 0 Å². The Hall–Kier alpha value is -5.87. The molecule has 5 aromatic rings. The number of nitrogens with zero attached hydrogens (tertiary/aromatic N) is 7. The van der Waals surface area contributed by atoms with Crippen molar-refractivity contribution in [2.45, 2.75) is 19.9 Å². The lowest BCUT2D eigenvalue weighted by molar-refractivity contribution is 0.0602. The Morgan fingerprint density at radius 3 is 2.65 bits per heavy atom. The monoisotopic (exact) mass is 647 g/mol. The molecule has 11 nitrogen and oxygen atoms in total. The van der Waals surface area contributed by atoms with Crippen LogP contribution in [-0.4, -0.2) is 72.3 Å². The van der Waals surface area contributed by atoms with Gasteiger partial charge in [-0.3, -0.25) is 9.36 Å². The maximum absolute atomic E-state index is 15.3. The van der Waals surface area contributed by atoms with Gasteiger partial charge in [-0.2, -0.15) is 0 Å². The number of benzene rings is 4. The average molecular weight is 648 g/mol. The molecule has 0 aliphatic carbocycles. The van der Waals surface area contributed by atoms with Gasteiger partial charge in [-0.1, -0.05) is 41.5 Å². The number of carbonyl (C=O) groups excluding carboxylic acids is 2. The van der Waals surface area contributed by atoms with Gasteiger partial charge in [0.2, 0.25) is 0 Å². The summed E-state index contributed by atoms with van der Waals surface area (Å²) in [4.78, 5) is 38.3. The molecule has 2 heterocycles. The number of rotatable bonds is 9. The molecule has 244 valence electrons. The molecule has 1 aromatic heterocycles. The average Bonchev–Trinajstić information content (AvgIpc) is 3.55. The zero-order chi connectivity index (χ0) is 33.8. The highest BCUT2D eigenvalue weighted by molar-refractivity contribution is 6.06. The number of methoxy groups -OCH3 is 1. The standard InChI is InChI=1S/C36H34FN7O4/c1-4-48-28-10-7-9-25(18-28)44-22-33(40-34(44)30-13-12-23(2)16-32(30)37)35(45)43-15-14-42(21-27(43)20-39-41-38)26-17-24-8-5-6-11-29(24)31(19-26)36(46)47-3/h5-13,16-19,22,27H,4,14-15,20-21H2,1-3H3/t27-/m1/s1. The number of anilines is 1. The Labute approximate surface area is 276 Å². The first-order valence-corrected chi connectivity index (χ1v) is 15.6. The van der Waals surface area contributed by atoms with E-state index in [4.69, 9.17) is 9.47 Å². The van der Waals surface area contributed by atoms with E-state index in [9.17, 15) is 15.1 Å². The number of piperazine rings is 1. The number of ether oxygens (including phenoxy) is 2. The predicted molar refractivity (Wildman–Crippen MR) is 181 cm³/mol. The number of amides is 1. The third-order valence-electron chi connectivity index (χ3n) is 8.41. The SMILES string of the molecule is CCOc1cccc(-n2cc(C(=O)N3CCN(c4cc(C(=O)OC)c5ccccc5c4)C[C@H]3CN=[N+]=[N-])nc2-c2ccc(C)cc2F)c1. The molecular weight excluding hydrogens is 613 g/mol. The molecule has 1 saturated heterocycles. The molecule has 0 bridgehead atoms. The van der Waals surface area contributed by atoms with Crippen LogP contribution in [0.4, 0.5) is 10.1 Å². The van der Waals surface area contributed by atoms with Gasteiger partial charge in [-0.25, -0.2) is 14.2 Å². The third-order valence-corrected chi connectivity index (χ3v) is 8.41. The van der Waals surface area contributed by atoms with Crippen LogP contribution in [0.15, 0.2) is 90.2 Å². The lowest BCUT2D eigenvalue weighted by Crippen LogP contribution is -2.56. The van der Waals surface area contributed by atoms with Gasteiger partial charge < -0.3 is 19.3 Å². The van der Waals surface area contributed by atoms with Crippen molar-refractivity contribution in [3.8, 4) is 22.8 Å². The normalized spacial score (nSPS) is 14.5. The maximum Gasteiger partial charge on any atom is 0.338 e. The summed E-state index contributed by atoms with van der Waals surface area (Å²) in [6.07, 6.45) is 1.60. The van der Waals surface area contributed by atoms with Crippen LogP contribution in [0.1, 0.15) is 33.3 Å². The van der Waals surface area contributed by atoms with Crippen LogP contribution in [0.3, 0.4) is 0 Å². The topological polar surface area (TPSA) is 126 Å². The number of aryl methyl sites for hydroxylation is 1. The summed E-state index contributed by atoms with van der Waals surface area (Å²) < 4.78 is 27.8. The Balaban J connectivity index is 1.36. The molecule has 1 atom stereocenters. The first kappa shape index (κ1) is 32.1. The van der Waals surface area contributed by atoms with Gasteiger partial charge in [-0.15, -0.1) is 0 Å². The fourth-order valence-electron chi connectivity index (χ4n) is 6.11. The minimum Gasteiger partial charge on any atom is -0.494 e. The van der Waals surface area contributed by atoms with Gasteiger partial charge in [0.15, 0.2) is 0 Å². The molecule has 48 heavy (non-hydrogen) atoms. The third kappa shape index (κ3) is 6.38. The van der Waals surface area contributed by atoms with E-state index >= 15 is 4.39 Å². The van der Waals surface area contributed by atoms with Crippen LogP contribution < -0.4 is 9.64 Å². The van der Waals surface area contributed by atoms with E-state index < -0.39 is 17.8 Å². The summed E-state index contributed by atoms with van der Waals surface area (Å²) >= 11 is 0. The second-order valence-electron chi connectivity index (χ2n) is 11.5. The predicted octanol–water partition coefficient (Wildman–Crippen LogP) is 6.97. The van der Waals surface area contributed by atoms with Crippen LogP contribution in [0.5, 0.6) is 5.75 Å². The number of aromatic nitrogens is 2. The first-order valence-electron chi connectivity index (χ1n) is 15.6. The zero-order valence-corrected chi connectivity index (χ0v) is 26.8. The van der Waals surface area contributed by atoms with E-state index in [-0.39, 0.29) is 36.1 Å². The van der Waals surface area contributed by atoms with Crippen LogP contribution in [0.2, 0.25) is 0 Å². The number of hydrogen-bond donors (Lipinski definition) is 0. The molecule has 12 heteroatoms. The summed E-state index contributed by atoms with van der Waals surface area (Å²) in [5, 5.41) is 5.47. The van der Waals surface area contributed by atoms with Gasteiger partial charge in [0.1, 0.15) is 23.1 Å². The van der Waals surface area contributed by atoms with Crippen molar-refractivity contribution in [3.63, 3.8) is 0 Å². The van der Waals surface area contributed by atoms with Gasteiger partial charge in [0.05, 0.1) is 36.6 Å². The summed E-state index contributed by atoms with van der Waals surface area (Å²) in [6.45, 7) is 5.24. The van der Waals surface area contributed by atoms with Crippen LogP contribution in [-0.2, 0) is 4.74 Å². The first-order chi connectivity index (χ1) is 23.3. The molecule has 1 amide bonds. The van der Waals surface area contributed by atoms with Crippen molar-refractivity contribution in [2.24, 2.45) is 5.11 Å². The Morgan fingerprint density at radius 1 is 1.04 bits per heavy atom. The van der Waals surface area contributed by atoms with Crippen molar-refractivity contribution in [3.05, 3.63) is 118 Å². The fraction of sp³-hybridized carbons (Fsp3) is 0.250. The largest absolute Gasteiger partial charge is 0.494 e. The Bertz CT molecular complexity index is 2060. The molecule has 1 aliphatic heterocycles. The van der Waals surface area contributed by atoms with E-state index in [0.29, 0.717) is 36.7 Å². The Morgan fingerprint density at radius 2 is 1.88 bits per heavy atom. The summed E-state index contributed by atoms with van der Waals surface area (Å²) in [5.74, 6) is -0.396. The van der Waals surface area contributed by atoms with Crippen molar-refractivity contribution in [1.82, 2.24) is 14.5 Å². The zero-order valence-electron chi connectivity index (χ0n) is 26.8. The highest BCUT2D eigenvalue weighted by atomic mass is 19.1. The van der Waals surface area contributed by atoms with E-state index in [1.165, 1.54) is 13.2 Å². The van der Waals surface area contributed by atoms with E-state index in [1.807, 2.05) is 61.5 Å². The molecule has 6 rings (SSSR count). The fourth-order valence-corrected chi connectivity index (χ4v) is 6.11. The van der Waals surface area contributed by atoms with Crippen molar-refractivity contribution in [2.75, 3.05) is 44.8 Å². The number of azide groups is 1. The number of esters is 1. The number of imidazole rings is 1. The number of carbonyl (C=O) groups is 2. The van der Waals surface area contributed by atoms with Gasteiger partial charge >= 0.3 is 5.97 Å². The molecule has 4 aromatic carbocycles. The minimum absolute atomic E-state index is 0.0206. The van der Waals surface area contributed by atoms with Crippen LogP contribution in [0, 0.1) is 12.7 Å². The van der Waals surface area contributed by atoms with E-state index in [2.05, 4.69) is 19.9 Å². The highest BCUT2D eigenvalue weighted by Crippen LogP contribution is 2.31. The molecular formula is C36H34FN7O4. The summed E-state index contributed by atoms with van der Waals surface area (Å²) in [6, 6.07) is 23.0. The van der Waals surface area contributed by atoms with Gasteiger partial charge in [0.25, 0.3) is 5.91 Å². The smallest absolute Gasteiger partial charge is 0.338 e. The second kappa shape index (κ2) is 13.9. The summed E-state index contributed by atoms with van der Waals surface area (Å²) in [5.41, 5.74) is 12.2. The van der Waals surface area contributed by atoms with E-state index in [1.54, 1.807) is 40.8 Å². The second-order valence-corrected chi connectivity index (χ2v) is 11.5. The van der Waals surface area contributed by atoms with Crippen molar-refractivity contribution in [1.29, 1.82) is 0 Å². The summed E-state index contributed by atoms with van der Waals surface area (Å²) in [7, 11) is 1.35. The molecule has 0 radical (unpaired) electrons. The van der Waals surface area contributed by atoms with Crippen LogP contribution in [0.25, 0.3) is 38.3 Å². The van der Waals surface area contributed by atoms with Crippen molar-refractivity contribution < 1.29 is 23.5 Å². The van der Waals surface area contributed by atoms with Gasteiger partial charge in [-0.05, 0) is 72.1 Å². The maximum atomic E-state index is 15.3.